The van der Waals surface area contributed by atoms with Crippen LogP contribution in [-0.2, 0) is 28.8 Å². The Hall–Kier alpha value is -3.34. The summed E-state index contributed by atoms with van der Waals surface area (Å²) in [6.07, 6.45) is 5.28. The lowest BCUT2D eigenvalue weighted by Gasteiger charge is -2.07. The van der Waals surface area contributed by atoms with Crippen molar-refractivity contribution >= 4 is 25.2 Å². The molecule has 4 aromatic rings. The molecule has 4 rings (SSSR count). The van der Waals surface area contributed by atoms with Gasteiger partial charge in [0.2, 0.25) is 12.6 Å². The SMILES string of the molecule is Nc1c(-c2cc(Cc3ccc(OCc4cc(Cl)ccn4)nc3)no2)ccc[n+]1COP(=O)(O)O. The largest absolute Gasteiger partial charge is 0.472 e. The molecule has 0 spiro atoms. The normalized spacial score (nSPS) is 11.5. The van der Waals surface area contributed by atoms with Gasteiger partial charge in [-0.15, -0.1) is 0 Å². The molecule has 11 nitrogen and oxygen atoms in total. The van der Waals surface area contributed by atoms with Crippen molar-refractivity contribution in [3.8, 4) is 17.2 Å². The summed E-state index contributed by atoms with van der Waals surface area (Å²) in [5.41, 5.74) is 8.85. The Kier molecular flexibility index (Phi) is 7.20. The van der Waals surface area contributed by atoms with Gasteiger partial charge in [-0.3, -0.25) is 10.7 Å². The predicted octanol–water partition coefficient (Wildman–Crippen LogP) is 2.89. The third-order valence-corrected chi connectivity index (χ3v) is 5.32. The van der Waals surface area contributed by atoms with Crippen LogP contribution in [0.2, 0.25) is 5.02 Å². The van der Waals surface area contributed by atoms with Gasteiger partial charge in [0.25, 0.3) is 5.82 Å². The van der Waals surface area contributed by atoms with Gasteiger partial charge in [-0.1, -0.05) is 22.8 Å². The molecule has 0 aromatic carbocycles. The molecule has 0 atom stereocenters. The molecule has 0 bridgehead atoms. The molecule has 0 aliphatic carbocycles. The van der Waals surface area contributed by atoms with Crippen LogP contribution in [-0.4, -0.2) is 24.9 Å². The number of nitrogens with two attached hydrogens (primary N) is 1. The first-order valence-electron chi connectivity index (χ1n) is 9.89. The molecule has 0 saturated carbocycles. The summed E-state index contributed by atoms with van der Waals surface area (Å²) >= 11 is 5.95. The molecule has 0 fully saturated rings. The van der Waals surface area contributed by atoms with Crippen LogP contribution in [0.5, 0.6) is 5.88 Å². The number of rotatable bonds is 9. The Bertz CT molecular complexity index is 1330. The molecule has 4 N–H and O–H groups in total. The van der Waals surface area contributed by atoms with E-state index in [1.165, 1.54) is 10.8 Å². The van der Waals surface area contributed by atoms with Crippen LogP contribution in [0.1, 0.15) is 17.0 Å². The van der Waals surface area contributed by atoms with E-state index in [4.69, 9.17) is 36.4 Å². The Morgan fingerprint density at radius 2 is 2.00 bits per heavy atom. The van der Waals surface area contributed by atoms with Crippen LogP contribution in [0.4, 0.5) is 5.82 Å². The van der Waals surface area contributed by atoms with Gasteiger partial charge in [-0.2, -0.15) is 0 Å². The molecule has 4 aromatic heterocycles. The van der Waals surface area contributed by atoms with Gasteiger partial charge in [-0.05, 0) is 29.8 Å². The molecule has 0 aliphatic heterocycles. The maximum atomic E-state index is 11.0. The zero-order chi connectivity index (χ0) is 24.1. The summed E-state index contributed by atoms with van der Waals surface area (Å²) in [4.78, 5) is 26.3. The zero-order valence-corrected chi connectivity index (χ0v) is 19.3. The van der Waals surface area contributed by atoms with Crippen molar-refractivity contribution in [1.29, 1.82) is 0 Å². The van der Waals surface area contributed by atoms with Crippen LogP contribution in [0.25, 0.3) is 11.3 Å². The fourth-order valence-electron chi connectivity index (χ4n) is 3.03. The van der Waals surface area contributed by atoms with Crippen molar-refractivity contribution in [3.05, 3.63) is 83.0 Å². The van der Waals surface area contributed by atoms with E-state index in [2.05, 4.69) is 19.6 Å². The number of aromatic nitrogens is 4. The van der Waals surface area contributed by atoms with E-state index in [0.717, 1.165) is 5.56 Å². The minimum atomic E-state index is -4.63. The number of anilines is 1. The third-order valence-electron chi connectivity index (χ3n) is 4.63. The third kappa shape index (κ3) is 6.37. The fourth-order valence-corrected chi connectivity index (χ4v) is 3.49. The number of pyridine rings is 3. The highest BCUT2D eigenvalue weighted by molar-refractivity contribution is 7.46. The lowest BCUT2D eigenvalue weighted by atomic mass is 10.1. The second-order valence-corrected chi connectivity index (χ2v) is 8.82. The first kappa shape index (κ1) is 23.8. The first-order valence-corrected chi connectivity index (χ1v) is 11.8. The fraction of sp³-hybridized carbons (Fsp3) is 0.143. The minimum absolute atomic E-state index is 0.205. The predicted molar refractivity (Wildman–Crippen MR) is 120 cm³/mol. The second-order valence-electron chi connectivity index (χ2n) is 7.14. The molecular formula is C21H20ClN5O6P+. The van der Waals surface area contributed by atoms with Crippen molar-refractivity contribution in [1.82, 2.24) is 15.1 Å². The number of nitrogens with zero attached hydrogens (tertiary/aromatic N) is 4. The number of ether oxygens (including phenoxy) is 1. The van der Waals surface area contributed by atoms with Gasteiger partial charge in [0, 0.05) is 36.0 Å². The lowest BCUT2D eigenvalue weighted by molar-refractivity contribution is -0.711. The van der Waals surface area contributed by atoms with Gasteiger partial charge >= 0.3 is 7.82 Å². The van der Waals surface area contributed by atoms with Crippen LogP contribution in [0.15, 0.2) is 65.6 Å². The average Bonchev–Trinajstić information content (AvgIpc) is 3.25. The number of phosphoric ester groups is 1. The Morgan fingerprint density at radius 1 is 1.15 bits per heavy atom. The number of hydrogen-bond donors (Lipinski definition) is 3. The second kappa shape index (κ2) is 10.3. The van der Waals surface area contributed by atoms with E-state index in [1.807, 2.05) is 6.07 Å². The number of nitrogen functional groups attached to an aromatic ring is 1. The van der Waals surface area contributed by atoms with Crippen LogP contribution in [0.3, 0.4) is 0 Å². The molecular weight excluding hydrogens is 485 g/mol. The molecule has 0 saturated heterocycles. The highest BCUT2D eigenvalue weighted by Gasteiger charge is 2.20. The lowest BCUT2D eigenvalue weighted by Crippen LogP contribution is -2.38. The number of phosphoric acid groups is 1. The summed E-state index contributed by atoms with van der Waals surface area (Å²) in [6, 6.07) is 12.1. The Labute approximate surface area is 199 Å². The monoisotopic (exact) mass is 504 g/mol. The van der Waals surface area contributed by atoms with Gasteiger partial charge < -0.3 is 19.0 Å². The Balaban J connectivity index is 1.40. The summed E-state index contributed by atoms with van der Waals surface area (Å²) in [7, 11) is -4.63. The van der Waals surface area contributed by atoms with E-state index in [-0.39, 0.29) is 12.4 Å². The molecule has 4 heterocycles. The van der Waals surface area contributed by atoms with E-state index >= 15 is 0 Å². The van der Waals surface area contributed by atoms with E-state index < -0.39 is 14.6 Å². The highest BCUT2D eigenvalue weighted by atomic mass is 35.5. The summed E-state index contributed by atoms with van der Waals surface area (Å²) < 4.78 is 27.9. The van der Waals surface area contributed by atoms with E-state index in [9.17, 15) is 4.57 Å². The maximum Gasteiger partial charge on any atom is 0.472 e. The zero-order valence-electron chi connectivity index (χ0n) is 17.6. The van der Waals surface area contributed by atoms with Crippen LogP contribution < -0.4 is 15.0 Å². The molecule has 0 amide bonds. The van der Waals surface area contributed by atoms with Crippen molar-refractivity contribution in [2.75, 3.05) is 5.73 Å². The molecule has 0 radical (unpaired) electrons. The molecule has 13 heteroatoms. The van der Waals surface area contributed by atoms with Crippen molar-refractivity contribution in [2.45, 2.75) is 19.8 Å². The highest BCUT2D eigenvalue weighted by Crippen LogP contribution is 2.35. The van der Waals surface area contributed by atoms with Gasteiger partial charge in [0.1, 0.15) is 12.2 Å². The summed E-state index contributed by atoms with van der Waals surface area (Å²) in [5.74, 6) is 1.06. The van der Waals surface area contributed by atoms with Crippen molar-refractivity contribution in [3.63, 3.8) is 0 Å². The van der Waals surface area contributed by atoms with Crippen LogP contribution >= 0.6 is 19.4 Å². The van der Waals surface area contributed by atoms with Crippen molar-refractivity contribution in [2.24, 2.45) is 0 Å². The summed E-state index contributed by atoms with van der Waals surface area (Å²) in [5, 5.41) is 4.66. The van der Waals surface area contributed by atoms with Crippen molar-refractivity contribution < 1.29 is 32.7 Å². The molecule has 0 unspecified atom stereocenters. The van der Waals surface area contributed by atoms with Gasteiger partial charge in [0.05, 0.1) is 17.6 Å². The maximum absolute atomic E-state index is 11.0. The quantitative estimate of drug-likeness (QED) is 0.228. The van der Waals surface area contributed by atoms with E-state index in [0.29, 0.717) is 40.0 Å². The minimum Gasteiger partial charge on any atom is -0.471 e. The van der Waals surface area contributed by atoms with E-state index in [1.54, 1.807) is 48.8 Å². The number of hydrogen-bond acceptors (Lipinski definition) is 8. The Morgan fingerprint density at radius 3 is 2.74 bits per heavy atom. The van der Waals surface area contributed by atoms with Gasteiger partial charge in [0.15, 0.2) is 5.76 Å². The number of halogens is 1. The topological polar surface area (TPSA) is 158 Å². The smallest absolute Gasteiger partial charge is 0.471 e. The van der Waals surface area contributed by atoms with Crippen LogP contribution in [0, 0.1) is 0 Å². The summed E-state index contributed by atoms with van der Waals surface area (Å²) in [6.45, 7) is -0.171. The first-order chi connectivity index (χ1) is 16.3. The molecule has 176 valence electrons. The molecule has 0 aliphatic rings. The molecule has 34 heavy (non-hydrogen) atoms. The van der Waals surface area contributed by atoms with Gasteiger partial charge in [-0.25, -0.2) is 18.6 Å². The standard InChI is InChI=1S/C21H19ClN5O6P/c22-15-5-6-24-17(9-15)12-31-20-4-3-14(11-25-20)8-16-10-19(33-26-16)18-2-1-7-27(21(18)23)13-32-34(28,29)30/h1-7,9-11,23H,8,12-13H2,(H2,28,29,30)/p+1. The average molecular weight is 505 g/mol.